The van der Waals surface area contributed by atoms with Gasteiger partial charge in [0.15, 0.2) is 5.43 Å². The first-order valence-electron chi connectivity index (χ1n) is 7.26. The third kappa shape index (κ3) is 3.05. The number of hydrogen-bond donors (Lipinski definition) is 1. The molecule has 5 heteroatoms. The molecule has 0 bridgehead atoms. The standard InChI is InChI=1S/C18H17NO4/c1-21-13-4-2-12(3-5-13)16-11-23-17-10-14(22-9-8-19)6-7-15(17)18(16)20/h2-7,10-11H,8-9,19H2,1H3. The lowest BCUT2D eigenvalue weighted by Crippen LogP contribution is -2.10. The zero-order valence-electron chi connectivity index (χ0n) is 12.7. The highest BCUT2D eigenvalue weighted by atomic mass is 16.5. The summed E-state index contributed by atoms with van der Waals surface area (Å²) in [6, 6.07) is 12.4. The molecule has 0 amide bonds. The van der Waals surface area contributed by atoms with Gasteiger partial charge in [-0.2, -0.15) is 0 Å². The normalized spacial score (nSPS) is 10.7. The van der Waals surface area contributed by atoms with E-state index in [0.717, 1.165) is 11.3 Å². The molecule has 118 valence electrons. The molecule has 0 aliphatic heterocycles. The van der Waals surface area contributed by atoms with Crippen LogP contribution in [0.4, 0.5) is 0 Å². The Labute approximate surface area is 133 Å². The van der Waals surface area contributed by atoms with E-state index in [-0.39, 0.29) is 5.43 Å². The Morgan fingerprint density at radius 1 is 1.09 bits per heavy atom. The van der Waals surface area contributed by atoms with E-state index in [1.807, 2.05) is 24.3 Å². The van der Waals surface area contributed by atoms with Crippen LogP contribution >= 0.6 is 0 Å². The Balaban J connectivity index is 2.02. The van der Waals surface area contributed by atoms with Gasteiger partial charge in [-0.25, -0.2) is 0 Å². The maximum atomic E-state index is 12.7. The van der Waals surface area contributed by atoms with E-state index in [1.54, 1.807) is 25.3 Å². The minimum Gasteiger partial charge on any atom is -0.497 e. The number of nitrogens with two attached hydrogens (primary N) is 1. The zero-order valence-corrected chi connectivity index (χ0v) is 12.7. The molecule has 3 aromatic rings. The molecule has 0 fully saturated rings. The molecule has 1 heterocycles. The lowest BCUT2D eigenvalue weighted by atomic mass is 10.1. The monoisotopic (exact) mass is 311 g/mol. The van der Waals surface area contributed by atoms with Crippen LogP contribution in [0.2, 0.25) is 0 Å². The summed E-state index contributed by atoms with van der Waals surface area (Å²) in [5.41, 5.74) is 7.11. The molecule has 0 aliphatic carbocycles. The topological polar surface area (TPSA) is 74.7 Å². The number of benzene rings is 2. The van der Waals surface area contributed by atoms with Gasteiger partial charge in [-0.15, -0.1) is 0 Å². The molecular weight excluding hydrogens is 294 g/mol. The van der Waals surface area contributed by atoms with Crippen LogP contribution in [0.3, 0.4) is 0 Å². The maximum absolute atomic E-state index is 12.7. The van der Waals surface area contributed by atoms with Crippen LogP contribution in [0.1, 0.15) is 0 Å². The van der Waals surface area contributed by atoms with Crippen LogP contribution in [-0.2, 0) is 0 Å². The Kier molecular flexibility index (Phi) is 4.30. The minimum absolute atomic E-state index is 0.0817. The van der Waals surface area contributed by atoms with Crippen molar-refractivity contribution in [2.75, 3.05) is 20.3 Å². The van der Waals surface area contributed by atoms with E-state index in [2.05, 4.69) is 0 Å². The van der Waals surface area contributed by atoms with Crippen molar-refractivity contribution in [1.29, 1.82) is 0 Å². The molecule has 0 atom stereocenters. The Morgan fingerprint density at radius 2 is 1.83 bits per heavy atom. The van der Waals surface area contributed by atoms with Crippen LogP contribution in [0.5, 0.6) is 11.5 Å². The van der Waals surface area contributed by atoms with E-state index >= 15 is 0 Å². The lowest BCUT2D eigenvalue weighted by molar-refractivity contribution is 0.328. The highest BCUT2D eigenvalue weighted by molar-refractivity contribution is 5.82. The molecule has 3 rings (SSSR count). The number of ether oxygens (including phenoxy) is 2. The molecule has 0 unspecified atom stereocenters. The van der Waals surface area contributed by atoms with E-state index in [4.69, 9.17) is 19.6 Å². The van der Waals surface area contributed by atoms with Gasteiger partial charge < -0.3 is 19.6 Å². The third-order valence-corrected chi connectivity index (χ3v) is 3.53. The first-order valence-corrected chi connectivity index (χ1v) is 7.26. The van der Waals surface area contributed by atoms with Crippen LogP contribution in [-0.4, -0.2) is 20.3 Å². The van der Waals surface area contributed by atoms with Crippen LogP contribution in [0.25, 0.3) is 22.1 Å². The second-order valence-electron chi connectivity index (χ2n) is 5.00. The highest BCUT2D eigenvalue weighted by Crippen LogP contribution is 2.24. The summed E-state index contributed by atoms with van der Waals surface area (Å²) in [6.07, 6.45) is 1.47. The van der Waals surface area contributed by atoms with E-state index in [0.29, 0.717) is 35.4 Å². The molecule has 2 N–H and O–H groups in total. The van der Waals surface area contributed by atoms with Gasteiger partial charge in [0.2, 0.25) is 0 Å². The van der Waals surface area contributed by atoms with Crippen molar-refractivity contribution < 1.29 is 13.9 Å². The molecule has 23 heavy (non-hydrogen) atoms. The Hall–Kier alpha value is -2.79. The van der Waals surface area contributed by atoms with Gasteiger partial charge in [0, 0.05) is 12.6 Å². The molecule has 1 aromatic heterocycles. The molecule has 2 aromatic carbocycles. The van der Waals surface area contributed by atoms with Crippen molar-refractivity contribution in [1.82, 2.24) is 0 Å². The summed E-state index contributed by atoms with van der Waals surface area (Å²) < 4.78 is 16.2. The second kappa shape index (κ2) is 6.54. The van der Waals surface area contributed by atoms with Crippen molar-refractivity contribution >= 4 is 11.0 Å². The number of hydrogen-bond acceptors (Lipinski definition) is 5. The Bertz CT molecular complexity index is 868. The van der Waals surface area contributed by atoms with Gasteiger partial charge in [0.1, 0.15) is 30.0 Å². The van der Waals surface area contributed by atoms with Crippen molar-refractivity contribution in [3.63, 3.8) is 0 Å². The maximum Gasteiger partial charge on any atom is 0.200 e. The van der Waals surface area contributed by atoms with E-state index in [9.17, 15) is 4.79 Å². The molecule has 0 saturated carbocycles. The number of rotatable bonds is 5. The molecule has 0 saturated heterocycles. The fourth-order valence-electron chi connectivity index (χ4n) is 2.35. The number of methoxy groups -OCH3 is 1. The SMILES string of the molecule is COc1ccc(-c2coc3cc(OCCN)ccc3c2=O)cc1. The smallest absolute Gasteiger partial charge is 0.200 e. The van der Waals surface area contributed by atoms with Crippen LogP contribution < -0.4 is 20.6 Å². The van der Waals surface area contributed by atoms with Gasteiger partial charge in [-0.1, -0.05) is 12.1 Å². The average Bonchev–Trinajstić information content (AvgIpc) is 2.60. The second-order valence-corrected chi connectivity index (χ2v) is 5.00. The quantitative estimate of drug-likeness (QED) is 0.784. The summed E-state index contributed by atoms with van der Waals surface area (Å²) in [5, 5.41) is 0.512. The van der Waals surface area contributed by atoms with Gasteiger partial charge >= 0.3 is 0 Å². The van der Waals surface area contributed by atoms with E-state index in [1.165, 1.54) is 6.26 Å². The highest BCUT2D eigenvalue weighted by Gasteiger charge is 2.10. The lowest BCUT2D eigenvalue weighted by Gasteiger charge is -2.07. The van der Waals surface area contributed by atoms with Gasteiger partial charge in [0.25, 0.3) is 0 Å². The first-order chi connectivity index (χ1) is 11.2. The summed E-state index contributed by atoms with van der Waals surface area (Å²) in [5.74, 6) is 1.36. The zero-order chi connectivity index (χ0) is 16.2. The largest absolute Gasteiger partial charge is 0.497 e. The predicted octanol–water partition coefficient (Wildman–Crippen LogP) is 2.81. The average molecular weight is 311 g/mol. The minimum atomic E-state index is -0.0817. The molecule has 0 radical (unpaired) electrons. The third-order valence-electron chi connectivity index (χ3n) is 3.53. The predicted molar refractivity (Wildman–Crippen MR) is 89.0 cm³/mol. The van der Waals surface area contributed by atoms with Gasteiger partial charge in [-0.3, -0.25) is 4.79 Å². The fraction of sp³-hybridized carbons (Fsp3) is 0.167. The number of fused-ring (bicyclic) bond motifs is 1. The van der Waals surface area contributed by atoms with Gasteiger partial charge in [-0.05, 0) is 29.8 Å². The summed E-state index contributed by atoms with van der Waals surface area (Å²) in [6.45, 7) is 0.845. The van der Waals surface area contributed by atoms with Crippen LogP contribution in [0, 0.1) is 0 Å². The molecule has 5 nitrogen and oxygen atoms in total. The van der Waals surface area contributed by atoms with Crippen molar-refractivity contribution in [3.8, 4) is 22.6 Å². The summed E-state index contributed by atoms with van der Waals surface area (Å²) in [4.78, 5) is 12.7. The first kappa shape index (κ1) is 15.1. The summed E-state index contributed by atoms with van der Waals surface area (Å²) >= 11 is 0. The Morgan fingerprint density at radius 3 is 2.52 bits per heavy atom. The van der Waals surface area contributed by atoms with E-state index < -0.39 is 0 Å². The molecular formula is C18H17NO4. The van der Waals surface area contributed by atoms with Crippen LogP contribution in [0.15, 0.2) is 57.9 Å². The molecule has 0 spiro atoms. The summed E-state index contributed by atoms with van der Waals surface area (Å²) in [7, 11) is 1.60. The fourth-order valence-corrected chi connectivity index (χ4v) is 2.35. The van der Waals surface area contributed by atoms with Crippen molar-refractivity contribution in [3.05, 3.63) is 59.0 Å². The van der Waals surface area contributed by atoms with Crippen molar-refractivity contribution in [2.45, 2.75) is 0 Å². The van der Waals surface area contributed by atoms with Gasteiger partial charge in [0.05, 0.1) is 18.1 Å². The molecule has 0 aliphatic rings. The van der Waals surface area contributed by atoms with Crippen molar-refractivity contribution in [2.24, 2.45) is 5.73 Å².